The monoisotopic (exact) mass is 394 g/mol. The molecule has 0 unspecified atom stereocenters. The second kappa shape index (κ2) is 10.8. The van der Waals surface area contributed by atoms with E-state index in [0.717, 1.165) is 16.7 Å². The summed E-state index contributed by atoms with van der Waals surface area (Å²) in [5.74, 6) is 0.269. The van der Waals surface area contributed by atoms with E-state index in [2.05, 4.69) is 50.4 Å². The molecule has 156 valence electrons. The molecule has 1 atom stereocenters. The van der Waals surface area contributed by atoms with Crippen LogP contribution in [0.5, 0.6) is 0 Å². The highest BCUT2D eigenvalue weighted by Crippen LogP contribution is 2.16. The molecule has 0 aliphatic heterocycles. The summed E-state index contributed by atoms with van der Waals surface area (Å²) < 4.78 is 0. The first kappa shape index (κ1) is 22.7. The van der Waals surface area contributed by atoms with E-state index in [1.807, 2.05) is 38.1 Å². The van der Waals surface area contributed by atoms with Crippen molar-refractivity contribution < 1.29 is 9.59 Å². The van der Waals surface area contributed by atoms with Crippen molar-refractivity contribution in [3.8, 4) is 0 Å². The number of amides is 2. The fraction of sp³-hybridized carbons (Fsp3) is 0.440. The largest absolute Gasteiger partial charge is 0.354 e. The molecule has 4 nitrogen and oxygen atoms in total. The van der Waals surface area contributed by atoms with Crippen LogP contribution >= 0.6 is 0 Å². The van der Waals surface area contributed by atoms with Gasteiger partial charge in [-0.2, -0.15) is 0 Å². The van der Waals surface area contributed by atoms with Gasteiger partial charge in [-0.05, 0) is 49.8 Å². The minimum absolute atomic E-state index is 0.000949. The Balaban J connectivity index is 2.13. The SMILES string of the molecule is Cc1ccc(CCC(=O)N(Cc2ccccc2C)[C@@H](C)C(=O)NCC(C)C)cc1. The van der Waals surface area contributed by atoms with Gasteiger partial charge in [0.05, 0.1) is 0 Å². The molecule has 0 fully saturated rings. The van der Waals surface area contributed by atoms with Crippen LogP contribution in [0, 0.1) is 19.8 Å². The van der Waals surface area contributed by atoms with E-state index >= 15 is 0 Å². The number of hydrogen-bond donors (Lipinski definition) is 1. The van der Waals surface area contributed by atoms with Gasteiger partial charge in [0.15, 0.2) is 0 Å². The van der Waals surface area contributed by atoms with Crippen LogP contribution in [0.3, 0.4) is 0 Å². The molecule has 2 amide bonds. The average Bonchev–Trinajstić information content (AvgIpc) is 2.70. The molecule has 2 rings (SSSR count). The summed E-state index contributed by atoms with van der Waals surface area (Å²) in [5.41, 5.74) is 4.53. The third-order valence-corrected chi connectivity index (χ3v) is 5.20. The predicted octanol–water partition coefficient (Wildman–Crippen LogP) is 4.43. The zero-order chi connectivity index (χ0) is 21.4. The number of rotatable bonds is 9. The molecule has 1 N–H and O–H groups in total. The van der Waals surface area contributed by atoms with Gasteiger partial charge in [0.25, 0.3) is 0 Å². The lowest BCUT2D eigenvalue weighted by atomic mass is 10.0. The highest BCUT2D eigenvalue weighted by molar-refractivity contribution is 5.87. The number of nitrogens with one attached hydrogen (secondary N) is 1. The topological polar surface area (TPSA) is 49.4 Å². The van der Waals surface area contributed by atoms with Crippen molar-refractivity contribution in [1.82, 2.24) is 10.2 Å². The molecule has 0 aromatic heterocycles. The second-order valence-electron chi connectivity index (χ2n) is 8.25. The van der Waals surface area contributed by atoms with Crippen molar-refractivity contribution >= 4 is 11.8 Å². The van der Waals surface area contributed by atoms with Crippen molar-refractivity contribution in [2.75, 3.05) is 6.54 Å². The summed E-state index contributed by atoms with van der Waals surface area (Å²) in [6.45, 7) is 11.1. The number of carbonyl (C=O) groups excluding carboxylic acids is 2. The molecule has 0 aliphatic rings. The summed E-state index contributed by atoms with van der Waals surface area (Å²) in [7, 11) is 0. The van der Waals surface area contributed by atoms with E-state index in [1.165, 1.54) is 5.56 Å². The molecule has 0 bridgehead atoms. The van der Waals surface area contributed by atoms with Crippen LogP contribution < -0.4 is 5.32 Å². The van der Waals surface area contributed by atoms with Gasteiger partial charge in [-0.3, -0.25) is 9.59 Å². The number of nitrogens with zero attached hydrogens (tertiary/aromatic N) is 1. The average molecular weight is 395 g/mol. The van der Waals surface area contributed by atoms with Gasteiger partial charge in [0, 0.05) is 19.5 Å². The smallest absolute Gasteiger partial charge is 0.242 e. The van der Waals surface area contributed by atoms with Crippen LogP contribution in [0.1, 0.15) is 49.4 Å². The Morgan fingerprint density at radius 2 is 1.62 bits per heavy atom. The fourth-order valence-corrected chi connectivity index (χ4v) is 3.16. The summed E-state index contributed by atoms with van der Waals surface area (Å²) in [6.07, 6.45) is 1.06. The molecule has 0 aliphatic carbocycles. The lowest BCUT2D eigenvalue weighted by Gasteiger charge is -2.29. The first-order valence-corrected chi connectivity index (χ1v) is 10.4. The Kier molecular flexibility index (Phi) is 8.44. The van der Waals surface area contributed by atoms with E-state index < -0.39 is 6.04 Å². The first-order chi connectivity index (χ1) is 13.8. The normalized spacial score (nSPS) is 11.9. The summed E-state index contributed by atoms with van der Waals surface area (Å²) >= 11 is 0. The zero-order valence-corrected chi connectivity index (χ0v) is 18.4. The van der Waals surface area contributed by atoms with Crippen molar-refractivity contribution in [3.05, 3.63) is 70.8 Å². The summed E-state index contributed by atoms with van der Waals surface area (Å²) in [6, 6.07) is 15.8. The minimum atomic E-state index is -0.515. The highest BCUT2D eigenvalue weighted by Gasteiger charge is 2.26. The second-order valence-corrected chi connectivity index (χ2v) is 8.25. The van der Waals surface area contributed by atoms with E-state index in [1.54, 1.807) is 4.90 Å². The Bertz CT molecular complexity index is 812. The molecule has 0 saturated carbocycles. The Morgan fingerprint density at radius 3 is 2.24 bits per heavy atom. The van der Waals surface area contributed by atoms with Gasteiger partial charge in [-0.25, -0.2) is 0 Å². The van der Waals surface area contributed by atoms with Crippen LogP contribution in [-0.4, -0.2) is 29.3 Å². The van der Waals surface area contributed by atoms with Gasteiger partial charge in [-0.15, -0.1) is 0 Å². The maximum absolute atomic E-state index is 13.1. The molecule has 2 aromatic carbocycles. The molecule has 4 heteroatoms. The summed E-state index contributed by atoms with van der Waals surface area (Å²) in [5, 5.41) is 2.96. The fourth-order valence-electron chi connectivity index (χ4n) is 3.16. The zero-order valence-electron chi connectivity index (χ0n) is 18.4. The third kappa shape index (κ3) is 7.04. The van der Waals surface area contributed by atoms with Gasteiger partial charge >= 0.3 is 0 Å². The molecule has 0 heterocycles. The molecule has 2 aromatic rings. The Morgan fingerprint density at radius 1 is 0.966 bits per heavy atom. The first-order valence-electron chi connectivity index (χ1n) is 10.4. The molecule has 29 heavy (non-hydrogen) atoms. The Hall–Kier alpha value is -2.62. The maximum atomic E-state index is 13.1. The summed E-state index contributed by atoms with van der Waals surface area (Å²) in [4.78, 5) is 27.5. The molecular formula is C25H34N2O2. The maximum Gasteiger partial charge on any atom is 0.242 e. The molecule has 0 radical (unpaired) electrons. The van der Waals surface area contributed by atoms with E-state index in [0.29, 0.717) is 31.8 Å². The van der Waals surface area contributed by atoms with Crippen LogP contribution in [-0.2, 0) is 22.6 Å². The lowest BCUT2D eigenvalue weighted by molar-refractivity contribution is -0.140. The van der Waals surface area contributed by atoms with Crippen molar-refractivity contribution in [2.45, 2.75) is 60.0 Å². The lowest BCUT2D eigenvalue weighted by Crippen LogP contribution is -2.48. The Labute approximate surface area is 175 Å². The van der Waals surface area contributed by atoms with Crippen LogP contribution in [0.2, 0.25) is 0 Å². The van der Waals surface area contributed by atoms with E-state index in [-0.39, 0.29) is 11.8 Å². The van der Waals surface area contributed by atoms with Gasteiger partial charge in [0.2, 0.25) is 11.8 Å². The van der Waals surface area contributed by atoms with Gasteiger partial charge in [0.1, 0.15) is 6.04 Å². The van der Waals surface area contributed by atoms with Crippen LogP contribution in [0.25, 0.3) is 0 Å². The van der Waals surface area contributed by atoms with Crippen LogP contribution in [0.15, 0.2) is 48.5 Å². The molecular weight excluding hydrogens is 360 g/mol. The molecule has 0 saturated heterocycles. The third-order valence-electron chi connectivity index (χ3n) is 5.20. The van der Waals surface area contributed by atoms with Gasteiger partial charge in [-0.1, -0.05) is 67.9 Å². The van der Waals surface area contributed by atoms with Crippen molar-refractivity contribution in [1.29, 1.82) is 0 Å². The standard InChI is InChI=1S/C25H34N2O2/c1-18(2)16-26-25(29)21(5)27(17-23-9-7-6-8-20(23)4)24(28)15-14-22-12-10-19(3)11-13-22/h6-13,18,21H,14-17H2,1-5H3,(H,26,29)/t21-/m0/s1. The van der Waals surface area contributed by atoms with Crippen LogP contribution in [0.4, 0.5) is 0 Å². The number of benzene rings is 2. The van der Waals surface area contributed by atoms with E-state index in [9.17, 15) is 9.59 Å². The van der Waals surface area contributed by atoms with Crippen molar-refractivity contribution in [3.63, 3.8) is 0 Å². The number of carbonyl (C=O) groups is 2. The van der Waals surface area contributed by atoms with Gasteiger partial charge < -0.3 is 10.2 Å². The highest BCUT2D eigenvalue weighted by atomic mass is 16.2. The quantitative estimate of drug-likeness (QED) is 0.684. The number of hydrogen-bond acceptors (Lipinski definition) is 2. The van der Waals surface area contributed by atoms with E-state index in [4.69, 9.17) is 0 Å². The molecule has 0 spiro atoms. The van der Waals surface area contributed by atoms with Crippen molar-refractivity contribution in [2.24, 2.45) is 5.92 Å². The minimum Gasteiger partial charge on any atom is -0.354 e. The number of aryl methyl sites for hydroxylation is 3. The predicted molar refractivity (Wildman–Crippen MR) is 119 cm³/mol.